The summed E-state index contributed by atoms with van der Waals surface area (Å²) in [7, 11) is 0. The number of benzene rings is 1. The zero-order valence-electron chi connectivity index (χ0n) is 13.5. The second-order valence-electron chi connectivity index (χ2n) is 5.78. The Morgan fingerprint density at radius 1 is 1.32 bits per heavy atom. The molecule has 1 aliphatic carbocycles. The van der Waals surface area contributed by atoms with Crippen LogP contribution in [-0.2, 0) is 19.1 Å². The molecule has 2 N–H and O–H groups in total. The van der Waals surface area contributed by atoms with Crippen LogP contribution in [0.3, 0.4) is 0 Å². The highest BCUT2D eigenvalue weighted by Crippen LogP contribution is 2.31. The van der Waals surface area contributed by atoms with Gasteiger partial charge in [0, 0.05) is 6.42 Å². The van der Waals surface area contributed by atoms with Crippen molar-refractivity contribution in [2.45, 2.75) is 43.9 Å². The number of nitrogens with zero attached hydrogens (tertiary/aromatic N) is 2. The lowest BCUT2D eigenvalue weighted by atomic mass is 10.1. The van der Waals surface area contributed by atoms with Gasteiger partial charge in [-0.15, -0.1) is 0 Å². The molecule has 0 radical (unpaired) electrons. The van der Waals surface area contributed by atoms with E-state index in [2.05, 4.69) is 10.1 Å². The molecule has 2 unspecified atom stereocenters. The van der Waals surface area contributed by atoms with Crippen molar-refractivity contribution < 1.29 is 29.0 Å². The number of ether oxygens (including phenoxy) is 1. The van der Waals surface area contributed by atoms with Crippen LogP contribution in [0.2, 0.25) is 0 Å². The highest BCUT2D eigenvalue weighted by molar-refractivity contribution is 6.25. The number of rotatable bonds is 10. The number of amides is 1. The molecule has 8 nitrogen and oxygen atoms in total. The van der Waals surface area contributed by atoms with E-state index in [1.54, 1.807) is 24.3 Å². The number of carbonyl (C=O) groups excluding carboxylic acids is 2. The van der Waals surface area contributed by atoms with Gasteiger partial charge in [-0.05, 0) is 24.8 Å². The summed E-state index contributed by atoms with van der Waals surface area (Å²) in [5.41, 5.74) is 8.93. The molecule has 1 saturated carbocycles. The monoisotopic (exact) mass is 345 g/mol. The van der Waals surface area contributed by atoms with E-state index in [0.717, 1.165) is 12.8 Å². The first-order chi connectivity index (χ1) is 12.0. The van der Waals surface area contributed by atoms with E-state index in [4.69, 9.17) is 10.3 Å². The van der Waals surface area contributed by atoms with Gasteiger partial charge in [0.1, 0.15) is 6.04 Å². The van der Waals surface area contributed by atoms with Gasteiger partial charge in [-0.3, -0.25) is 9.59 Å². The van der Waals surface area contributed by atoms with E-state index in [-0.39, 0.29) is 18.9 Å². The van der Waals surface area contributed by atoms with Crippen LogP contribution >= 0.6 is 0 Å². The molecule has 1 aromatic rings. The lowest BCUT2D eigenvalue weighted by molar-refractivity contribution is -0.145. The summed E-state index contributed by atoms with van der Waals surface area (Å²) in [4.78, 5) is 37.8. The second kappa shape index (κ2) is 8.86. The van der Waals surface area contributed by atoms with Gasteiger partial charge in [0.25, 0.3) is 5.91 Å². The van der Waals surface area contributed by atoms with Crippen LogP contribution in [0, 0.1) is 0 Å². The first-order valence-electron chi connectivity index (χ1n) is 7.95. The fourth-order valence-corrected chi connectivity index (χ4v) is 2.24. The van der Waals surface area contributed by atoms with Gasteiger partial charge in [0.15, 0.2) is 6.10 Å². The standard InChI is InChI=1S/C17H19N3O5/c18-19-10-12(21)6-9-14(17(23)24)20-16(22)15(25-13-7-8-13)11-4-2-1-3-5-11/h1-5,10,13-15H,6-9H2,(H,20,22)(H,23,24). The average molecular weight is 345 g/mol. The van der Waals surface area contributed by atoms with Crippen LogP contribution in [0.15, 0.2) is 30.3 Å². The highest BCUT2D eigenvalue weighted by atomic mass is 16.5. The van der Waals surface area contributed by atoms with Crippen molar-refractivity contribution in [1.82, 2.24) is 5.32 Å². The summed E-state index contributed by atoms with van der Waals surface area (Å²) in [6.07, 6.45) is 1.26. The van der Waals surface area contributed by atoms with Crippen molar-refractivity contribution in [3.05, 3.63) is 41.4 Å². The molecule has 0 saturated heterocycles. The van der Waals surface area contributed by atoms with Gasteiger partial charge >= 0.3 is 12.2 Å². The van der Waals surface area contributed by atoms with E-state index in [1.807, 2.05) is 6.07 Å². The number of carboxylic acids is 1. The summed E-state index contributed by atoms with van der Waals surface area (Å²) < 4.78 is 5.73. The molecule has 25 heavy (non-hydrogen) atoms. The Kier molecular flexibility index (Phi) is 6.56. The predicted molar refractivity (Wildman–Crippen MR) is 86.8 cm³/mol. The maximum atomic E-state index is 12.5. The SMILES string of the molecule is [N-]=[N+]=CC(=O)CCC(NC(=O)C(OC1CC1)c1ccccc1)C(=O)O. The van der Waals surface area contributed by atoms with Crippen LogP contribution < -0.4 is 5.32 Å². The number of Topliss-reactive ketones (excluding diaryl/α,β-unsaturated/α-hetero) is 1. The Bertz CT molecular complexity index is 681. The molecule has 2 atom stereocenters. The van der Waals surface area contributed by atoms with E-state index in [0.29, 0.717) is 11.8 Å². The fraction of sp³-hybridized carbons (Fsp3) is 0.412. The number of aliphatic carboxylic acids is 1. The first kappa shape index (κ1) is 18.5. The van der Waals surface area contributed by atoms with Crippen LogP contribution in [0.4, 0.5) is 0 Å². The molecular formula is C17H19N3O5. The van der Waals surface area contributed by atoms with Crippen LogP contribution in [-0.4, -0.2) is 45.9 Å². The normalized spacial score (nSPS) is 15.5. The zero-order valence-corrected chi connectivity index (χ0v) is 13.5. The second-order valence-corrected chi connectivity index (χ2v) is 5.78. The van der Waals surface area contributed by atoms with Gasteiger partial charge in [-0.2, -0.15) is 4.79 Å². The summed E-state index contributed by atoms with van der Waals surface area (Å²) in [6, 6.07) is 7.59. The summed E-state index contributed by atoms with van der Waals surface area (Å²) >= 11 is 0. The van der Waals surface area contributed by atoms with Gasteiger partial charge in [0.05, 0.1) is 6.10 Å². The molecule has 0 bridgehead atoms. The van der Waals surface area contributed by atoms with Crippen molar-refractivity contribution in [1.29, 1.82) is 0 Å². The van der Waals surface area contributed by atoms with E-state index >= 15 is 0 Å². The number of carbonyl (C=O) groups is 3. The molecule has 1 aromatic carbocycles. The van der Waals surface area contributed by atoms with E-state index in [1.165, 1.54) is 0 Å². The molecule has 0 spiro atoms. The molecule has 2 rings (SSSR count). The molecule has 0 aromatic heterocycles. The number of nitrogens with one attached hydrogen (secondary N) is 1. The van der Waals surface area contributed by atoms with Crippen LogP contribution in [0.1, 0.15) is 37.4 Å². The first-order valence-corrected chi connectivity index (χ1v) is 7.95. The number of hydrogen-bond donors (Lipinski definition) is 2. The lowest BCUT2D eigenvalue weighted by Crippen LogP contribution is -2.44. The Labute approximate surface area is 144 Å². The molecule has 0 aliphatic heterocycles. The molecule has 0 heterocycles. The third-order valence-electron chi connectivity index (χ3n) is 3.69. The van der Waals surface area contributed by atoms with Crippen LogP contribution in [0.5, 0.6) is 0 Å². The quantitative estimate of drug-likeness (QED) is 0.373. The van der Waals surface area contributed by atoms with E-state index < -0.39 is 29.8 Å². The predicted octanol–water partition coefficient (Wildman–Crippen LogP) is 1.13. The van der Waals surface area contributed by atoms with Gasteiger partial charge in [0.2, 0.25) is 5.78 Å². The third-order valence-corrected chi connectivity index (χ3v) is 3.69. The Hall–Kier alpha value is -2.83. The smallest absolute Gasteiger partial charge is 0.326 e. The molecule has 8 heteroatoms. The highest BCUT2D eigenvalue weighted by Gasteiger charge is 2.33. The summed E-state index contributed by atoms with van der Waals surface area (Å²) in [5.74, 6) is -2.34. The molecule has 1 amide bonds. The summed E-state index contributed by atoms with van der Waals surface area (Å²) in [6.45, 7) is 0. The van der Waals surface area contributed by atoms with Gasteiger partial charge in [-0.25, -0.2) is 4.79 Å². The minimum absolute atomic E-state index is 0.00146. The molecule has 1 aliphatic rings. The van der Waals surface area contributed by atoms with Crippen molar-refractivity contribution in [3.8, 4) is 0 Å². The molecule has 132 valence electrons. The minimum Gasteiger partial charge on any atom is -0.480 e. The third kappa shape index (κ3) is 5.95. The minimum atomic E-state index is -1.25. The zero-order chi connectivity index (χ0) is 18.2. The molecular weight excluding hydrogens is 326 g/mol. The van der Waals surface area contributed by atoms with Crippen molar-refractivity contribution in [3.63, 3.8) is 0 Å². The largest absolute Gasteiger partial charge is 0.480 e. The van der Waals surface area contributed by atoms with Crippen molar-refractivity contribution in [2.24, 2.45) is 0 Å². The van der Waals surface area contributed by atoms with Crippen molar-refractivity contribution >= 4 is 23.9 Å². The maximum Gasteiger partial charge on any atom is 0.326 e. The van der Waals surface area contributed by atoms with Gasteiger partial charge in [-0.1, -0.05) is 30.3 Å². The Morgan fingerprint density at radius 2 is 2.00 bits per heavy atom. The topological polar surface area (TPSA) is 129 Å². The Balaban J connectivity index is 2.04. The average Bonchev–Trinajstić information content (AvgIpc) is 3.41. The fourth-order valence-electron chi connectivity index (χ4n) is 2.24. The Morgan fingerprint density at radius 3 is 2.56 bits per heavy atom. The van der Waals surface area contributed by atoms with Crippen LogP contribution in [0.25, 0.3) is 5.53 Å². The van der Waals surface area contributed by atoms with Crippen molar-refractivity contribution in [2.75, 3.05) is 0 Å². The lowest BCUT2D eigenvalue weighted by Gasteiger charge is -2.21. The number of carboxylic acid groups (broad SMARTS) is 1. The van der Waals surface area contributed by atoms with Gasteiger partial charge < -0.3 is 20.7 Å². The molecule has 1 fully saturated rings. The number of hydrogen-bond acceptors (Lipinski definition) is 4. The van der Waals surface area contributed by atoms with E-state index in [9.17, 15) is 19.5 Å². The summed E-state index contributed by atoms with van der Waals surface area (Å²) in [5, 5.41) is 11.7. The maximum absolute atomic E-state index is 12.5. The number of ketones is 1.